The van der Waals surface area contributed by atoms with E-state index in [9.17, 15) is 9.59 Å². The Balaban J connectivity index is 1.73. The summed E-state index contributed by atoms with van der Waals surface area (Å²) in [6.07, 6.45) is 1.95. The largest absolute Gasteiger partial charge is 0.493 e. The molecule has 37 heavy (non-hydrogen) atoms. The van der Waals surface area contributed by atoms with Gasteiger partial charge in [0, 0.05) is 30.3 Å². The molecule has 0 saturated heterocycles. The van der Waals surface area contributed by atoms with E-state index in [1.165, 1.54) is 5.56 Å². The minimum absolute atomic E-state index is 0.0522. The molecule has 0 unspecified atom stereocenters. The van der Waals surface area contributed by atoms with Crippen LogP contribution in [-0.2, 0) is 13.0 Å². The summed E-state index contributed by atoms with van der Waals surface area (Å²) in [7, 11) is 3.23. The third-order valence-electron chi connectivity index (χ3n) is 7.42. The number of rotatable bonds is 5. The third-order valence-corrected chi connectivity index (χ3v) is 7.42. The summed E-state index contributed by atoms with van der Waals surface area (Å²) in [4.78, 5) is 30.4. The van der Waals surface area contributed by atoms with E-state index in [0.29, 0.717) is 42.8 Å². The second-order valence-electron chi connectivity index (χ2n) is 10.00. The van der Waals surface area contributed by atoms with Gasteiger partial charge in [0.2, 0.25) is 0 Å². The predicted octanol–water partition coefficient (Wildman–Crippen LogP) is 3.42. The normalized spacial score (nSPS) is 18.5. The smallest absolute Gasteiger partial charge is 0.330 e. The van der Waals surface area contributed by atoms with Crippen LogP contribution in [0.3, 0.4) is 0 Å². The zero-order valence-electron chi connectivity index (χ0n) is 21.9. The zero-order chi connectivity index (χ0) is 26.4. The Hall–Kier alpha value is -4.01. The minimum Gasteiger partial charge on any atom is -0.493 e. The molecule has 0 spiro atoms. The molecule has 3 N–H and O–H groups in total. The van der Waals surface area contributed by atoms with E-state index in [2.05, 4.69) is 24.4 Å². The molecule has 3 aromatic rings. The van der Waals surface area contributed by atoms with Crippen molar-refractivity contribution in [3.8, 4) is 22.8 Å². The number of methoxy groups -OCH3 is 2. The lowest BCUT2D eigenvalue weighted by Crippen LogP contribution is -2.53. The topological polar surface area (TPSA) is 113 Å². The molecule has 5 rings (SSSR count). The number of nitrogens with two attached hydrogens (primary N) is 1. The van der Waals surface area contributed by atoms with Gasteiger partial charge in [0.25, 0.3) is 0 Å². The maximum absolute atomic E-state index is 14.0. The van der Waals surface area contributed by atoms with Crippen molar-refractivity contribution in [3.05, 3.63) is 68.6 Å². The average molecular weight is 504 g/mol. The van der Waals surface area contributed by atoms with Gasteiger partial charge in [-0.1, -0.05) is 17.7 Å². The summed E-state index contributed by atoms with van der Waals surface area (Å²) in [5.74, 6) is 1.28. The van der Waals surface area contributed by atoms with Gasteiger partial charge in [-0.3, -0.25) is 9.13 Å². The molecule has 0 atom stereocenters. The average Bonchev–Trinajstić information content (AvgIpc) is 2.82. The number of hydrogen-bond donors (Lipinski definition) is 2. The van der Waals surface area contributed by atoms with Crippen LogP contribution in [-0.4, -0.2) is 35.4 Å². The van der Waals surface area contributed by atoms with Crippen LogP contribution in [0.25, 0.3) is 11.3 Å². The lowest BCUT2D eigenvalue weighted by Gasteiger charge is -2.37. The number of carbonyl (C=O) groups is 1. The van der Waals surface area contributed by atoms with E-state index in [-0.39, 0.29) is 17.8 Å². The van der Waals surface area contributed by atoms with Crippen molar-refractivity contribution in [2.75, 3.05) is 14.2 Å². The molecule has 194 valence electrons. The first kappa shape index (κ1) is 24.7. The number of hydrogen-bond acceptors (Lipinski definition) is 5. The van der Waals surface area contributed by atoms with Gasteiger partial charge < -0.3 is 20.5 Å². The van der Waals surface area contributed by atoms with Gasteiger partial charge in [-0.25, -0.2) is 14.6 Å². The molecule has 1 aliphatic carbocycles. The molecule has 0 bridgehead atoms. The Kier molecular flexibility index (Phi) is 6.31. The van der Waals surface area contributed by atoms with Crippen LogP contribution in [0.5, 0.6) is 11.5 Å². The van der Waals surface area contributed by atoms with E-state index in [4.69, 9.17) is 20.2 Å². The number of urea groups is 1. The van der Waals surface area contributed by atoms with Crippen molar-refractivity contribution < 1.29 is 14.3 Å². The van der Waals surface area contributed by atoms with Gasteiger partial charge in [0.1, 0.15) is 5.49 Å². The standard InChI is InChI=1S/C28H33N5O4/c1-15-8-16(2)26(17(3)9-15)31-25-14-22-21-13-24(37-5)23(36-4)10-18(21)6-7-32(22)28(35)33(25)20-11-19(12-20)30-27(29)34/h8-10,13-14,19-20H,6-7,11-12H2,1-5H3,(H3,29,30,34)/b31-25+. The van der Waals surface area contributed by atoms with Gasteiger partial charge in [-0.15, -0.1) is 0 Å². The number of nitrogens with zero attached hydrogens (tertiary/aromatic N) is 3. The summed E-state index contributed by atoms with van der Waals surface area (Å²) in [6, 6.07) is 9.44. The van der Waals surface area contributed by atoms with E-state index < -0.39 is 6.03 Å². The fraction of sp³-hybridized carbons (Fsp3) is 0.393. The Morgan fingerprint density at radius 2 is 1.68 bits per heavy atom. The first-order chi connectivity index (χ1) is 17.7. The zero-order valence-corrected chi connectivity index (χ0v) is 21.9. The van der Waals surface area contributed by atoms with E-state index in [1.807, 2.05) is 36.6 Å². The highest BCUT2D eigenvalue weighted by atomic mass is 16.5. The summed E-state index contributed by atoms with van der Waals surface area (Å²) < 4.78 is 14.7. The molecule has 1 fully saturated rings. The molecular weight excluding hydrogens is 470 g/mol. The highest BCUT2D eigenvalue weighted by Crippen LogP contribution is 2.38. The van der Waals surface area contributed by atoms with E-state index >= 15 is 0 Å². The molecule has 9 heteroatoms. The molecule has 2 heterocycles. The van der Waals surface area contributed by atoms with Crippen molar-refractivity contribution in [1.29, 1.82) is 0 Å². The first-order valence-electron chi connectivity index (χ1n) is 12.5. The number of aromatic nitrogens is 2. The van der Waals surface area contributed by atoms with Crippen molar-refractivity contribution in [3.63, 3.8) is 0 Å². The van der Waals surface area contributed by atoms with Crippen LogP contribution in [0.15, 0.2) is 40.1 Å². The number of ether oxygens (including phenoxy) is 2. The number of nitrogens with one attached hydrogen (secondary N) is 1. The number of fused-ring (bicyclic) bond motifs is 3. The van der Waals surface area contributed by atoms with Gasteiger partial charge in [-0.05, 0) is 68.9 Å². The van der Waals surface area contributed by atoms with Crippen LogP contribution < -0.4 is 31.7 Å². The lowest BCUT2D eigenvalue weighted by atomic mass is 9.86. The molecule has 1 saturated carbocycles. The molecule has 2 aliphatic rings. The Bertz CT molecular complexity index is 1510. The second kappa shape index (κ2) is 9.46. The highest BCUT2D eigenvalue weighted by molar-refractivity contribution is 5.72. The number of aryl methyl sites for hydroxylation is 4. The quantitative estimate of drug-likeness (QED) is 0.555. The van der Waals surface area contributed by atoms with Crippen LogP contribution >= 0.6 is 0 Å². The third kappa shape index (κ3) is 4.39. The van der Waals surface area contributed by atoms with Gasteiger partial charge in [0.15, 0.2) is 11.5 Å². The predicted molar refractivity (Wildman–Crippen MR) is 142 cm³/mol. The SMILES string of the molecule is COc1cc2c(cc1OC)-c1c/c(=N\c3c(C)cc(C)cc3C)n(C3CC(NC(N)=O)C3)c(=O)n1CC2. The van der Waals surface area contributed by atoms with Gasteiger partial charge in [-0.2, -0.15) is 0 Å². The monoisotopic (exact) mass is 503 g/mol. The number of benzene rings is 2. The Morgan fingerprint density at radius 1 is 1.03 bits per heavy atom. The van der Waals surface area contributed by atoms with Crippen LogP contribution in [0.1, 0.15) is 41.1 Å². The summed E-state index contributed by atoms with van der Waals surface area (Å²) in [5.41, 5.74) is 12.8. The summed E-state index contributed by atoms with van der Waals surface area (Å²) in [6.45, 7) is 6.69. The number of carbonyl (C=O) groups excluding carboxylic acids is 1. The van der Waals surface area contributed by atoms with Gasteiger partial charge in [0.05, 0.1) is 25.6 Å². The molecule has 1 aliphatic heterocycles. The van der Waals surface area contributed by atoms with E-state index in [1.54, 1.807) is 18.8 Å². The number of primary amides is 1. The maximum atomic E-state index is 14.0. The van der Waals surface area contributed by atoms with Crippen molar-refractivity contribution in [2.24, 2.45) is 10.7 Å². The Labute approximate surface area is 215 Å². The molecule has 9 nitrogen and oxygen atoms in total. The minimum atomic E-state index is -0.549. The highest BCUT2D eigenvalue weighted by Gasteiger charge is 2.34. The van der Waals surface area contributed by atoms with Gasteiger partial charge >= 0.3 is 11.7 Å². The molecule has 1 aromatic heterocycles. The molecule has 2 amide bonds. The maximum Gasteiger partial charge on any atom is 0.330 e. The van der Waals surface area contributed by atoms with Crippen LogP contribution in [0, 0.1) is 20.8 Å². The molecular formula is C28H33N5O4. The first-order valence-corrected chi connectivity index (χ1v) is 12.5. The van der Waals surface area contributed by atoms with Crippen LogP contribution in [0.2, 0.25) is 0 Å². The Morgan fingerprint density at radius 3 is 2.30 bits per heavy atom. The van der Waals surface area contributed by atoms with Crippen molar-refractivity contribution >= 4 is 11.7 Å². The second-order valence-corrected chi connectivity index (χ2v) is 10.00. The fourth-order valence-corrected chi connectivity index (χ4v) is 5.65. The number of amides is 2. The lowest BCUT2D eigenvalue weighted by molar-refractivity contribution is 0.202. The summed E-state index contributed by atoms with van der Waals surface area (Å²) in [5, 5.41) is 2.75. The fourth-order valence-electron chi connectivity index (χ4n) is 5.65. The van der Waals surface area contributed by atoms with Crippen molar-refractivity contribution in [2.45, 2.75) is 58.7 Å². The summed E-state index contributed by atoms with van der Waals surface area (Å²) >= 11 is 0. The molecule has 2 aromatic carbocycles. The van der Waals surface area contributed by atoms with Crippen LogP contribution in [0.4, 0.5) is 10.5 Å². The van der Waals surface area contributed by atoms with Crippen molar-refractivity contribution in [1.82, 2.24) is 14.5 Å². The molecule has 0 radical (unpaired) electrons. The van der Waals surface area contributed by atoms with E-state index in [0.717, 1.165) is 33.6 Å².